The molecule has 21 heavy (non-hydrogen) atoms. The summed E-state index contributed by atoms with van der Waals surface area (Å²) in [6, 6.07) is 3.20. The van der Waals surface area contributed by atoms with E-state index in [1.54, 1.807) is 12.1 Å². The van der Waals surface area contributed by atoms with Crippen LogP contribution in [0.5, 0.6) is 0 Å². The van der Waals surface area contributed by atoms with Gasteiger partial charge < -0.3 is 19.8 Å². The van der Waals surface area contributed by atoms with Gasteiger partial charge in [0.05, 0.1) is 13.2 Å². The second-order valence-corrected chi connectivity index (χ2v) is 5.92. The van der Waals surface area contributed by atoms with Gasteiger partial charge in [-0.1, -0.05) is 0 Å². The molecule has 1 amide bonds. The first-order chi connectivity index (χ1) is 9.73. The maximum absolute atomic E-state index is 11.7. The zero-order valence-corrected chi connectivity index (χ0v) is 13.3. The van der Waals surface area contributed by atoms with Gasteiger partial charge in [0.25, 0.3) is 0 Å². The Hall–Kier alpha value is -1.82. The van der Waals surface area contributed by atoms with Gasteiger partial charge in [0, 0.05) is 18.5 Å². The normalized spacial score (nSPS) is 12.8. The SMILES string of the molecule is COC(=O)c1ccc(C(C)NCCC(=O)NC(C)(C)C)o1. The number of furan rings is 1. The lowest BCUT2D eigenvalue weighted by Crippen LogP contribution is -2.41. The third-order valence-electron chi connectivity index (χ3n) is 2.76. The van der Waals surface area contributed by atoms with E-state index in [1.165, 1.54) is 7.11 Å². The highest BCUT2D eigenvalue weighted by Gasteiger charge is 2.16. The molecule has 6 heteroatoms. The van der Waals surface area contributed by atoms with Gasteiger partial charge in [0.2, 0.25) is 11.7 Å². The van der Waals surface area contributed by atoms with E-state index in [4.69, 9.17) is 4.42 Å². The number of esters is 1. The minimum Gasteiger partial charge on any atom is -0.463 e. The third-order valence-corrected chi connectivity index (χ3v) is 2.76. The van der Waals surface area contributed by atoms with Crippen molar-refractivity contribution in [2.75, 3.05) is 13.7 Å². The molecule has 2 N–H and O–H groups in total. The predicted octanol–water partition coefficient (Wildman–Crippen LogP) is 2.02. The second-order valence-electron chi connectivity index (χ2n) is 5.92. The zero-order chi connectivity index (χ0) is 16.0. The largest absolute Gasteiger partial charge is 0.463 e. The molecule has 6 nitrogen and oxygen atoms in total. The topological polar surface area (TPSA) is 80.6 Å². The number of hydrogen-bond acceptors (Lipinski definition) is 5. The van der Waals surface area contributed by atoms with Gasteiger partial charge in [-0.15, -0.1) is 0 Å². The van der Waals surface area contributed by atoms with Gasteiger partial charge in [-0.25, -0.2) is 4.79 Å². The highest BCUT2D eigenvalue weighted by atomic mass is 16.5. The number of amides is 1. The van der Waals surface area contributed by atoms with E-state index in [2.05, 4.69) is 15.4 Å². The molecule has 0 saturated carbocycles. The van der Waals surface area contributed by atoms with Gasteiger partial charge >= 0.3 is 5.97 Å². The molecule has 1 aromatic heterocycles. The van der Waals surface area contributed by atoms with Crippen molar-refractivity contribution in [3.05, 3.63) is 23.7 Å². The summed E-state index contributed by atoms with van der Waals surface area (Å²) >= 11 is 0. The van der Waals surface area contributed by atoms with Gasteiger partial charge in [0.15, 0.2) is 0 Å². The molecular formula is C15H24N2O4. The van der Waals surface area contributed by atoms with Crippen LogP contribution in [0, 0.1) is 0 Å². The van der Waals surface area contributed by atoms with Crippen molar-refractivity contribution in [1.29, 1.82) is 0 Å². The second kappa shape index (κ2) is 7.26. The quantitative estimate of drug-likeness (QED) is 0.785. The molecular weight excluding hydrogens is 272 g/mol. The highest BCUT2D eigenvalue weighted by molar-refractivity contribution is 5.86. The summed E-state index contributed by atoms with van der Waals surface area (Å²) in [6.07, 6.45) is 0.381. The van der Waals surface area contributed by atoms with Gasteiger partial charge in [-0.05, 0) is 39.8 Å². The summed E-state index contributed by atoms with van der Waals surface area (Å²) in [5, 5.41) is 6.07. The molecule has 1 unspecified atom stereocenters. The fourth-order valence-electron chi connectivity index (χ4n) is 1.78. The molecule has 0 spiro atoms. The number of hydrogen-bond donors (Lipinski definition) is 2. The first kappa shape index (κ1) is 17.2. The molecule has 1 heterocycles. The standard InChI is InChI=1S/C15H24N2O4/c1-10(11-6-7-12(21-11)14(19)20-5)16-9-8-13(18)17-15(2,3)4/h6-7,10,16H,8-9H2,1-5H3,(H,17,18). The Morgan fingerprint density at radius 2 is 2.00 bits per heavy atom. The van der Waals surface area contributed by atoms with Crippen LogP contribution in [0.4, 0.5) is 0 Å². The van der Waals surface area contributed by atoms with Crippen molar-refractivity contribution < 1.29 is 18.7 Å². The molecule has 0 bridgehead atoms. The first-order valence-electron chi connectivity index (χ1n) is 6.95. The number of nitrogens with one attached hydrogen (secondary N) is 2. The lowest BCUT2D eigenvalue weighted by atomic mass is 10.1. The van der Waals surface area contributed by atoms with E-state index in [0.717, 1.165) is 0 Å². The molecule has 0 aliphatic carbocycles. The van der Waals surface area contributed by atoms with Crippen molar-refractivity contribution in [2.24, 2.45) is 0 Å². The first-order valence-corrected chi connectivity index (χ1v) is 6.95. The lowest BCUT2D eigenvalue weighted by molar-refractivity contribution is -0.122. The van der Waals surface area contributed by atoms with E-state index in [9.17, 15) is 9.59 Å². The average molecular weight is 296 g/mol. The Morgan fingerprint density at radius 3 is 2.57 bits per heavy atom. The van der Waals surface area contributed by atoms with E-state index in [0.29, 0.717) is 18.7 Å². The van der Waals surface area contributed by atoms with Crippen molar-refractivity contribution >= 4 is 11.9 Å². The van der Waals surface area contributed by atoms with E-state index in [1.807, 2.05) is 27.7 Å². The van der Waals surface area contributed by atoms with Crippen molar-refractivity contribution in [3.8, 4) is 0 Å². The van der Waals surface area contributed by atoms with Gasteiger partial charge in [0.1, 0.15) is 5.76 Å². The predicted molar refractivity (Wildman–Crippen MR) is 79.0 cm³/mol. The molecule has 0 radical (unpaired) electrons. The fraction of sp³-hybridized carbons (Fsp3) is 0.600. The molecule has 0 aliphatic rings. The Morgan fingerprint density at radius 1 is 1.33 bits per heavy atom. The van der Waals surface area contributed by atoms with Crippen molar-refractivity contribution in [3.63, 3.8) is 0 Å². The third kappa shape index (κ3) is 5.99. The fourth-order valence-corrected chi connectivity index (χ4v) is 1.78. The van der Waals surface area contributed by atoms with Crippen molar-refractivity contribution in [1.82, 2.24) is 10.6 Å². The molecule has 0 saturated heterocycles. The summed E-state index contributed by atoms with van der Waals surface area (Å²) in [5.74, 6) is 0.299. The summed E-state index contributed by atoms with van der Waals surface area (Å²) in [5.41, 5.74) is -0.223. The summed E-state index contributed by atoms with van der Waals surface area (Å²) < 4.78 is 9.98. The van der Waals surface area contributed by atoms with Crippen molar-refractivity contribution in [2.45, 2.75) is 45.7 Å². The lowest BCUT2D eigenvalue weighted by Gasteiger charge is -2.20. The number of ether oxygens (including phenoxy) is 1. The number of methoxy groups -OCH3 is 1. The van der Waals surface area contributed by atoms with Crippen LogP contribution in [0.3, 0.4) is 0 Å². The van der Waals surface area contributed by atoms with Crippen LogP contribution in [-0.2, 0) is 9.53 Å². The summed E-state index contributed by atoms with van der Waals surface area (Å²) in [6.45, 7) is 8.26. The Balaban J connectivity index is 2.40. The van der Waals surface area contributed by atoms with Gasteiger partial charge in [-0.3, -0.25) is 4.79 Å². The Kier molecular flexibility index (Phi) is 5.96. The molecule has 0 fully saturated rings. The molecule has 0 aromatic carbocycles. The monoisotopic (exact) mass is 296 g/mol. The maximum Gasteiger partial charge on any atom is 0.373 e. The van der Waals surface area contributed by atoms with Crippen LogP contribution in [0.25, 0.3) is 0 Å². The smallest absolute Gasteiger partial charge is 0.373 e. The zero-order valence-electron chi connectivity index (χ0n) is 13.3. The number of carbonyl (C=O) groups excluding carboxylic acids is 2. The van der Waals surface area contributed by atoms with E-state index >= 15 is 0 Å². The Bertz CT molecular complexity index is 488. The number of rotatable bonds is 6. The van der Waals surface area contributed by atoms with Crippen LogP contribution in [-0.4, -0.2) is 31.1 Å². The van der Waals surface area contributed by atoms with Crippen LogP contribution >= 0.6 is 0 Å². The molecule has 1 rings (SSSR count). The van der Waals surface area contributed by atoms with Crippen LogP contribution < -0.4 is 10.6 Å². The van der Waals surface area contributed by atoms with Gasteiger partial charge in [-0.2, -0.15) is 0 Å². The molecule has 1 aromatic rings. The maximum atomic E-state index is 11.7. The summed E-state index contributed by atoms with van der Waals surface area (Å²) in [4.78, 5) is 23.0. The minimum atomic E-state index is -0.502. The number of carbonyl (C=O) groups is 2. The minimum absolute atomic E-state index is 0.00288. The van der Waals surface area contributed by atoms with E-state index in [-0.39, 0.29) is 23.2 Å². The van der Waals surface area contributed by atoms with Crippen LogP contribution in [0.15, 0.2) is 16.5 Å². The average Bonchev–Trinajstić information content (AvgIpc) is 2.85. The summed E-state index contributed by atoms with van der Waals surface area (Å²) in [7, 11) is 1.31. The Labute approximate surface area is 125 Å². The molecule has 118 valence electrons. The highest BCUT2D eigenvalue weighted by Crippen LogP contribution is 2.16. The van der Waals surface area contributed by atoms with Crippen LogP contribution in [0.2, 0.25) is 0 Å². The molecule has 1 atom stereocenters. The molecule has 0 aliphatic heterocycles. The van der Waals surface area contributed by atoms with Crippen LogP contribution in [0.1, 0.15) is 56.5 Å². The van der Waals surface area contributed by atoms with E-state index < -0.39 is 5.97 Å².